The van der Waals surface area contributed by atoms with Crippen LogP contribution in [0.5, 0.6) is 0 Å². The number of rotatable bonds is 8. The monoisotopic (exact) mass is 330 g/mol. The highest BCUT2D eigenvalue weighted by Crippen LogP contribution is 2.37. The summed E-state index contributed by atoms with van der Waals surface area (Å²) in [6, 6.07) is 10.5. The lowest BCUT2D eigenvalue weighted by atomic mass is 9.77. The van der Waals surface area contributed by atoms with Crippen molar-refractivity contribution in [3.63, 3.8) is 0 Å². The van der Waals surface area contributed by atoms with E-state index in [0.29, 0.717) is 12.5 Å². The second-order valence-corrected chi connectivity index (χ2v) is 6.32. The lowest BCUT2D eigenvalue weighted by Crippen LogP contribution is -2.38. The van der Waals surface area contributed by atoms with Crippen LogP contribution < -0.4 is 5.32 Å². The third-order valence-electron chi connectivity index (χ3n) is 4.58. The maximum absolute atomic E-state index is 10.7. The van der Waals surface area contributed by atoms with Gasteiger partial charge in [-0.05, 0) is 24.3 Å². The van der Waals surface area contributed by atoms with E-state index in [4.69, 9.17) is 0 Å². The first kappa shape index (κ1) is 16.6. The maximum atomic E-state index is 10.7. The Hall–Kier alpha value is -2.25. The predicted molar refractivity (Wildman–Crippen MR) is 89.4 cm³/mol. The third kappa shape index (κ3) is 3.98. The molecule has 1 aromatic heterocycles. The van der Waals surface area contributed by atoms with E-state index in [1.165, 1.54) is 41.9 Å². The largest absolute Gasteiger partial charge is 0.390 e. The summed E-state index contributed by atoms with van der Waals surface area (Å²) in [5.74, 6) is 0.602. The van der Waals surface area contributed by atoms with E-state index in [2.05, 4.69) is 22.5 Å². The van der Waals surface area contributed by atoms with Gasteiger partial charge in [-0.1, -0.05) is 36.8 Å². The lowest BCUT2D eigenvalue weighted by molar-refractivity contribution is -0.385. The average Bonchev–Trinajstić information content (AvgIpc) is 2.99. The van der Waals surface area contributed by atoms with E-state index >= 15 is 0 Å². The van der Waals surface area contributed by atoms with E-state index < -0.39 is 11.0 Å². The van der Waals surface area contributed by atoms with Crippen LogP contribution in [0.4, 0.5) is 5.69 Å². The molecule has 0 aliphatic heterocycles. The second-order valence-electron chi connectivity index (χ2n) is 6.32. The van der Waals surface area contributed by atoms with Crippen molar-refractivity contribution in [1.29, 1.82) is 0 Å². The molecule has 3 rings (SSSR count). The van der Waals surface area contributed by atoms with Gasteiger partial charge in [0, 0.05) is 12.6 Å². The summed E-state index contributed by atoms with van der Waals surface area (Å²) in [6.45, 7) is 0.650. The summed E-state index contributed by atoms with van der Waals surface area (Å²) >= 11 is 0. The van der Waals surface area contributed by atoms with Gasteiger partial charge in [0.1, 0.15) is 12.4 Å². The van der Waals surface area contributed by atoms with Crippen molar-refractivity contribution in [3.8, 4) is 0 Å². The zero-order valence-electron chi connectivity index (χ0n) is 13.4. The van der Waals surface area contributed by atoms with Crippen molar-refractivity contribution >= 4 is 5.69 Å². The summed E-state index contributed by atoms with van der Waals surface area (Å²) in [5, 5.41) is 28.3. The molecule has 2 aromatic rings. The van der Waals surface area contributed by atoms with Gasteiger partial charge in [0.25, 0.3) is 0 Å². The van der Waals surface area contributed by atoms with Gasteiger partial charge in [-0.3, -0.25) is 14.8 Å². The van der Waals surface area contributed by atoms with Gasteiger partial charge >= 0.3 is 5.69 Å². The number of hydrogen-bond donors (Lipinski definition) is 2. The molecule has 0 bridgehead atoms. The van der Waals surface area contributed by atoms with Crippen LogP contribution in [0.15, 0.2) is 42.7 Å². The molecule has 7 nitrogen and oxygen atoms in total. The van der Waals surface area contributed by atoms with Crippen molar-refractivity contribution in [2.45, 2.75) is 38.0 Å². The molecule has 1 aliphatic rings. The van der Waals surface area contributed by atoms with Crippen LogP contribution >= 0.6 is 0 Å². The Kier molecular flexibility index (Phi) is 5.22. The van der Waals surface area contributed by atoms with Gasteiger partial charge in [0.15, 0.2) is 0 Å². The molecule has 0 saturated heterocycles. The molecule has 2 atom stereocenters. The normalized spacial score (nSPS) is 17.2. The fourth-order valence-corrected chi connectivity index (χ4v) is 3.08. The Morgan fingerprint density at radius 3 is 2.71 bits per heavy atom. The minimum atomic E-state index is -0.657. The number of nitro groups is 1. The van der Waals surface area contributed by atoms with Crippen molar-refractivity contribution in [1.82, 2.24) is 15.1 Å². The Bertz CT molecular complexity index is 669. The van der Waals surface area contributed by atoms with Crippen molar-refractivity contribution < 1.29 is 10.0 Å². The molecular formula is C17H22N4O3. The zero-order chi connectivity index (χ0) is 16.9. The van der Waals surface area contributed by atoms with Gasteiger partial charge in [-0.25, -0.2) is 0 Å². The maximum Gasteiger partial charge on any atom is 0.306 e. The molecule has 7 heteroatoms. The zero-order valence-corrected chi connectivity index (χ0v) is 13.4. The molecule has 2 unspecified atom stereocenters. The fourth-order valence-electron chi connectivity index (χ4n) is 3.08. The van der Waals surface area contributed by atoms with Crippen LogP contribution in [0.1, 0.15) is 30.9 Å². The van der Waals surface area contributed by atoms with E-state index in [-0.39, 0.29) is 18.3 Å². The summed E-state index contributed by atoms with van der Waals surface area (Å²) in [7, 11) is 0. The fraction of sp³-hybridized carbons (Fsp3) is 0.471. The van der Waals surface area contributed by atoms with Gasteiger partial charge in [0.2, 0.25) is 0 Å². The number of aliphatic hydroxyl groups is 1. The minimum Gasteiger partial charge on any atom is -0.390 e. The molecule has 128 valence electrons. The van der Waals surface area contributed by atoms with Crippen LogP contribution in [0.2, 0.25) is 0 Å². The quantitative estimate of drug-likeness (QED) is 0.572. The van der Waals surface area contributed by atoms with Crippen molar-refractivity contribution in [2.24, 2.45) is 5.92 Å². The third-order valence-corrected chi connectivity index (χ3v) is 4.58. The van der Waals surface area contributed by atoms with Crippen molar-refractivity contribution in [2.75, 3.05) is 6.54 Å². The predicted octanol–water partition coefficient (Wildman–Crippen LogP) is 2.28. The van der Waals surface area contributed by atoms with Gasteiger partial charge in [-0.15, -0.1) is 0 Å². The van der Waals surface area contributed by atoms with Crippen LogP contribution in [-0.2, 0) is 6.54 Å². The number of benzene rings is 1. The summed E-state index contributed by atoms with van der Waals surface area (Å²) in [5.41, 5.74) is 1.18. The standard InChI is InChI=1S/C17H22N4O3/c22-16(12-20-11-15(9-19-20)21(23)24)10-18-17(14-7-4-8-14)13-5-2-1-3-6-13/h1-3,5-6,9,11,14,16-18,22H,4,7-8,10,12H2. The molecule has 0 spiro atoms. The first-order valence-electron chi connectivity index (χ1n) is 8.26. The number of aliphatic hydroxyl groups excluding tert-OH is 1. The smallest absolute Gasteiger partial charge is 0.306 e. The summed E-state index contributed by atoms with van der Waals surface area (Å²) < 4.78 is 1.41. The van der Waals surface area contributed by atoms with E-state index in [1.54, 1.807) is 0 Å². The molecule has 1 aliphatic carbocycles. The SMILES string of the molecule is O=[N+]([O-])c1cnn(CC(O)CNC(c2ccccc2)C2CCC2)c1. The summed E-state index contributed by atoms with van der Waals surface area (Å²) in [6.07, 6.45) is 5.54. The number of nitrogens with one attached hydrogen (secondary N) is 1. The Morgan fingerprint density at radius 2 is 2.12 bits per heavy atom. The molecule has 1 heterocycles. The van der Waals surface area contributed by atoms with Crippen LogP contribution in [0.3, 0.4) is 0 Å². The van der Waals surface area contributed by atoms with E-state index in [0.717, 1.165) is 0 Å². The Labute approximate surface area is 140 Å². The van der Waals surface area contributed by atoms with Gasteiger partial charge in [-0.2, -0.15) is 5.10 Å². The van der Waals surface area contributed by atoms with Gasteiger partial charge < -0.3 is 10.4 Å². The molecule has 24 heavy (non-hydrogen) atoms. The highest BCUT2D eigenvalue weighted by atomic mass is 16.6. The summed E-state index contributed by atoms with van der Waals surface area (Å²) in [4.78, 5) is 10.2. The topological polar surface area (TPSA) is 93.2 Å². The molecule has 0 amide bonds. The van der Waals surface area contributed by atoms with E-state index in [1.807, 2.05) is 18.2 Å². The first-order chi connectivity index (χ1) is 11.6. The Morgan fingerprint density at radius 1 is 1.38 bits per heavy atom. The van der Waals surface area contributed by atoms with Crippen LogP contribution in [-0.4, -0.2) is 32.5 Å². The molecule has 1 saturated carbocycles. The molecular weight excluding hydrogens is 308 g/mol. The molecule has 1 aromatic carbocycles. The van der Waals surface area contributed by atoms with E-state index in [9.17, 15) is 15.2 Å². The van der Waals surface area contributed by atoms with Crippen LogP contribution in [0.25, 0.3) is 0 Å². The number of hydrogen-bond acceptors (Lipinski definition) is 5. The number of aromatic nitrogens is 2. The average molecular weight is 330 g/mol. The number of nitrogens with zero attached hydrogens (tertiary/aromatic N) is 3. The highest BCUT2D eigenvalue weighted by Gasteiger charge is 2.28. The molecule has 1 fully saturated rings. The molecule has 2 N–H and O–H groups in total. The lowest BCUT2D eigenvalue weighted by Gasteiger charge is -2.35. The minimum absolute atomic E-state index is 0.0632. The Balaban J connectivity index is 1.56. The highest BCUT2D eigenvalue weighted by molar-refractivity contribution is 5.21. The van der Waals surface area contributed by atoms with Gasteiger partial charge in [0.05, 0.1) is 17.6 Å². The van der Waals surface area contributed by atoms with Crippen LogP contribution in [0, 0.1) is 16.0 Å². The molecule has 0 radical (unpaired) electrons. The van der Waals surface area contributed by atoms with Crippen molar-refractivity contribution in [3.05, 3.63) is 58.4 Å². The first-order valence-corrected chi connectivity index (χ1v) is 8.26. The second kappa shape index (κ2) is 7.55.